The molecule has 2 rings (SSSR count). The Morgan fingerprint density at radius 3 is 2.41 bits per heavy atom. The second-order valence-corrected chi connectivity index (χ2v) is 7.00. The molecule has 2 N–H and O–H groups in total. The van der Waals surface area contributed by atoms with Crippen molar-refractivity contribution in [1.29, 1.82) is 0 Å². The van der Waals surface area contributed by atoms with Crippen molar-refractivity contribution in [1.82, 2.24) is 9.80 Å². The first-order chi connectivity index (χ1) is 12.1. The maximum Gasteiger partial charge on any atom is 0.222 e. The van der Waals surface area contributed by atoms with E-state index in [1.54, 1.807) is 7.11 Å². The summed E-state index contributed by atoms with van der Waals surface area (Å²) in [6.45, 7) is 4.90. The highest BCUT2D eigenvalue weighted by molar-refractivity contribution is 6.30. The number of unbranched alkanes of at least 4 members (excludes halogenated alkanes) is 3. The minimum atomic E-state index is 0. The fourth-order valence-corrected chi connectivity index (χ4v) is 3.39. The Labute approximate surface area is 180 Å². The number of benzene rings is 1. The predicted octanol–water partition coefficient (Wildman–Crippen LogP) is 3.75. The van der Waals surface area contributed by atoms with Gasteiger partial charge in [-0.25, -0.2) is 0 Å². The number of nitrogens with zero attached hydrogens (tertiary/aromatic N) is 2. The summed E-state index contributed by atoms with van der Waals surface area (Å²) in [6.07, 6.45) is 4.90. The Kier molecular flexibility index (Phi) is 13.9. The van der Waals surface area contributed by atoms with Gasteiger partial charge < -0.3 is 15.4 Å². The lowest BCUT2D eigenvalue weighted by atomic mass is 10.1. The summed E-state index contributed by atoms with van der Waals surface area (Å²) in [7, 11) is 1.68. The van der Waals surface area contributed by atoms with Crippen molar-refractivity contribution in [2.24, 2.45) is 5.73 Å². The summed E-state index contributed by atoms with van der Waals surface area (Å²) in [4.78, 5) is 16.6. The molecule has 0 bridgehead atoms. The van der Waals surface area contributed by atoms with Crippen LogP contribution in [-0.2, 0) is 11.3 Å². The maximum absolute atomic E-state index is 12.3. The van der Waals surface area contributed by atoms with E-state index >= 15 is 0 Å². The van der Waals surface area contributed by atoms with Crippen molar-refractivity contribution < 1.29 is 9.53 Å². The lowest BCUT2D eigenvalue weighted by Crippen LogP contribution is -2.48. The smallest absolute Gasteiger partial charge is 0.222 e. The fourth-order valence-electron chi connectivity index (χ4n) is 3.20. The van der Waals surface area contributed by atoms with Crippen molar-refractivity contribution >= 4 is 42.3 Å². The van der Waals surface area contributed by atoms with Crippen LogP contribution in [0.5, 0.6) is 5.75 Å². The fraction of sp³-hybridized carbons (Fsp3) is 0.632. The highest BCUT2D eigenvalue weighted by Crippen LogP contribution is 2.24. The van der Waals surface area contributed by atoms with Crippen LogP contribution in [0.3, 0.4) is 0 Å². The third-order valence-corrected chi connectivity index (χ3v) is 4.94. The van der Waals surface area contributed by atoms with E-state index in [-0.39, 0.29) is 30.7 Å². The van der Waals surface area contributed by atoms with E-state index in [1.165, 1.54) is 0 Å². The van der Waals surface area contributed by atoms with Crippen molar-refractivity contribution in [2.75, 3.05) is 39.8 Å². The van der Waals surface area contributed by atoms with Gasteiger partial charge in [0.2, 0.25) is 5.91 Å². The lowest BCUT2D eigenvalue weighted by molar-refractivity contribution is -0.133. The molecule has 1 aliphatic heterocycles. The third-order valence-electron chi connectivity index (χ3n) is 4.71. The van der Waals surface area contributed by atoms with Gasteiger partial charge in [0.05, 0.1) is 7.11 Å². The van der Waals surface area contributed by atoms with Crippen molar-refractivity contribution in [3.63, 3.8) is 0 Å². The van der Waals surface area contributed by atoms with E-state index in [0.29, 0.717) is 6.42 Å². The zero-order chi connectivity index (χ0) is 18.1. The highest BCUT2D eigenvalue weighted by Gasteiger charge is 2.21. The summed E-state index contributed by atoms with van der Waals surface area (Å²) >= 11 is 6.10. The quantitative estimate of drug-likeness (QED) is 0.594. The molecular weight excluding hydrogens is 409 g/mol. The van der Waals surface area contributed by atoms with E-state index < -0.39 is 0 Å². The highest BCUT2D eigenvalue weighted by atomic mass is 35.5. The number of carbonyl (C=O) groups is 1. The largest absolute Gasteiger partial charge is 0.496 e. The number of piperazine rings is 1. The summed E-state index contributed by atoms with van der Waals surface area (Å²) < 4.78 is 5.42. The minimum Gasteiger partial charge on any atom is -0.496 e. The number of nitrogens with two attached hydrogens (primary N) is 1. The molecule has 0 aliphatic carbocycles. The molecule has 0 unspecified atom stereocenters. The van der Waals surface area contributed by atoms with Crippen molar-refractivity contribution in [3.8, 4) is 5.75 Å². The molecule has 0 aromatic heterocycles. The Morgan fingerprint density at radius 1 is 1.11 bits per heavy atom. The lowest BCUT2D eigenvalue weighted by Gasteiger charge is -2.35. The predicted molar refractivity (Wildman–Crippen MR) is 116 cm³/mol. The molecule has 1 aliphatic rings. The van der Waals surface area contributed by atoms with E-state index in [2.05, 4.69) is 4.90 Å². The second kappa shape index (κ2) is 14.3. The first kappa shape index (κ1) is 26.3. The van der Waals surface area contributed by atoms with Crippen LogP contribution in [0.1, 0.15) is 37.7 Å². The SMILES string of the molecule is COc1ccc(Cl)cc1CN1CCN(C(=O)CCCCCCN)CC1.Cl.Cl. The van der Waals surface area contributed by atoms with Gasteiger partial charge in [-0.1, -0.05) is 24.4 Å². The number of hydrogen-bond donors (Lipinski definition) is 1. The van der Waals surface area contributed by atoms with Crippen LogP contribution in [-0.4, -0.2) is 55.5 Å². The summed E-state index contributed by atoms with van der Waals surface area (Å²) in [5, 5.41) is 0.722. The molecule has 0 saturated carbocycles. The number of ether oxygens (including phenoxy) is 1. The summed E-state index contributed by atoms with van der Waals surface area (Å²) in [5.74, 6) is 1.15. The Balaban J connectivity index is 0.00000338. The molecule has 0 atom stereocenters. The molecule has 0 radical (unpaired) electrons. The number of rotatable bonds is 9. The molecule has 1 amide bonds. The molecule has 5 nitrogen and oxygen atoms in total. The zero-order valence-electron chi connectivity index (χ0n) is 16.0. The second-order valence-electron chi connectivity index (χ2n) is 6.57. The standard InChI is InChI=1S/C19H30ClN3O2.2ClH/c1-25-18-8-7-17(20)14-16(18)15-22-10-12-23(13-11-22)19(24)6-4-2-3-5-9-21;;/h7-8,14H,2-6,9-13,15,21H2,1H3;2*1H. The first-order valence-corrected chi connectivity index (χ1v) is 9.54. The molecule has 1 fully saturated rings. The van der Waals surface area contributed by atoms with Crippen molar-refractivity contribution in [2.45, 2.75) is 38.6 Å². The number of amides is 1. The van der Waals surface area contributed by atoms with Crippen LogP contribution in [0.4, 0.5) is 0 Å². The Hall–Kier alpha value is -0.720. The van der Waals surface area contributed by atoms with Gasteiger partial charge in [0.15, 0.2) is 0 Å². The first-order valence-electron chi connectivity index (χ1n) is 9.16. The number of carbonyl (C=O) groups excluding carboxylic acids is 1. The molecule has 0 spiro atoms. The van der Waals surface area contributed by atoms with Gasteiger partial charge in [0.1, 0.15) is 5.75 Å². The molecule has 1 aromatic carbocycles. The molecule has 1 heterocycles. The van der Waals surface area contributed by atoms with Crippen LogP contribution < -0.4 is 10.5 Å². The van der Waals surface area contributed by atoms with Crippen LogP contribution >= 0.6 is 36.4 Å². The zero-order valence-corrected chi connectivity index (χ0v) is 18.4. The molecule has 156 valence electrons. The number of hydrogen-bond acceptors (Lipinski definition) is 4. The molecule has 8 heteroatoms. The van der Waals surface area contributed by atoms with Crippen molar-refractivity contribution in [3.05, 3.63) is 28.8 Å². The number of methoxy groups -OCH3 is 1. The van der Waals surface area contributed by atoms with Gasteiger partial charge in [0.25, 0.3) is 0 Å². The van der Waals surface area contributed by atoms with E-state index in [1.807, 2.05) is 23.1 Å². The van der Waals surface area contributed by atoms with E-state index in [9.17, 15) is 4.79 Å². The maximum atomic E-state index is 12.3. The molecule has 1 saturated heterocycles. The molecular formula is C19H32Cl3N3O2. The molecule has 27 heavy (non-hydrogen) atoms. The van der Waals surface area contributed by atoms with E-state index in [4.69, 9.17) is 22.1 Å². The summed E-state index contributed by atoms with van der Waals surface area (Å²) in [6, 6.07) is 5.70. The Morgan fingerprint density at radius 2 is 1.78 bits per heavy atom. The topological polar surface area (TPSA) is 58.8 Å². The minimum absolute atomic E-state index is 0. The van der Waals surface area contributed by atoms with Crippen LogP contribution in [0.15, 0.2) is 18.2 Å². The average molecular weight is 441 g/mol. The normalized spacial score (nSPS) is 14.3. The third kappa shape index (κ3) is 8.88. The Bertz CT molecular complexity index is 553. The van der Waals surface area contributed by atoms with Gasteiger partial charge in [-0.3, -0.25) is 9.69 Å². The van der Waals surface area contributed by atoms with Gasteiger partial charge >= 0.3 is 0 Å². The average Bonchev–Trinajstić information content (AvgIpc) is 2.62. The van der Waals surface area contributed by atoms with Crippen LogP contribution in [0.2, 0.25) is 5.02 Å². The van der Waals surface area contributed by atoms with E-state index in [0.717, 1.165) is 81.3 Å². The monoisotopic (exact) mass is 439 g/mol. The number of halogens is 3. The molecule has 1 aromatic rings. The van der Waals surface area contributed by atoms with Gasteiger partial charge in [-0.15, -0.1) is 24.8 Å². The van der Waals surface area contributed by atoms with Crippen LogP contribution in [0.25, 0.3) is 0 Å². The summed E-state index contributed by atoms with van der Waals surface area (Å²) in [5.41, 5.74) is 6.58. The van der Waals surface area contributed by atoms with Crippen LogP contribution in [0, 0.1) is 0 Å². The van der Waals surface area contributed by atoms with Gasteiger partial charge in [-0.05, 0) is 37.6 Å². The van der Waals surface area contributed by atoms with Gasteiger partial charge in [0, 0.05) is 49.7 Å². The van der Waals surface area contributed by atoms with Gasteiger partial charge in [-0.2, -0.15) is 0 Å².